The van der Waals surface area contributed by atoms with Gasteiger partial charge in [0.1, 0.15) is 0 Å². The minimum atomic E-state index is -4.29. The number of nitro groups is 2. The van der Waals surface area contributed by atoms with E-state index in [-0.39, 0.29) is 5.69 Å². The van der Waals surface area contributed by atoms with Crippen LogP contribution in [0.15, 0.2) is 17.0 Å². The van der Waals surface area contributed by atoms with Crippen LogP contribution in [0, 0.1) is 20.2 Å². The third-order valence-corrected chi connectivity index (χ3v) is 4.82. The molecule has 0 unspecified atom stereocenters. The summed E-state index contributed by atoms with van der Waals surface area (Å²) in [5.74, 6) is 0. The average Bonchev–Trinajstić information content (AvgIpc) is 2.53. The lowest BCUT2D eigenvalue weighted by Crippen LogP contribution is -2.27. The summed E-state index contributed by atoms with van der Waals surface area (Å²) in [5.41, 5.74) is -1.52. The third kappa shape index (κ3) is 4.30. The highest BCUT2D eigenvalue weighted by Gasteiger charge is 2.33. The maximum Gasteiger partial charge on any atom is 0.301 e. The Hall–Kier alpha value is -1.98. The van der Waals surface area contributed by atoms with E-state index in [4.69, 9.17) is 11.8 Å². The quantitative estimate of drug-likeness (QED) is 0.395. The fraction of sp³-hybridized carbons (Fsp3) is 0.500. The van der Waals surface area contributed by atoms with Crippen LogP contribution in [0.2, 0.25) is 0 Å². The number of benzene rings is 1. The molecule has 134 valence electrons. The number of hydrogen-bond donors (Lipinski definition) is 1. The summed E-state index contributed by atoms with van der Waals surface area (Å²) in [6.07, 6.45) is 1.22. The SMILES string of the molecule is CCCN(CCC)c1c([N+](=O)[O-])cc(S(=O)(=O)NCl)cc1[N+](=O)[O-]. The van der Waals surface area contributed by atoms with Crippen LogP contribution in [0.1, 0.15) is 26.7 Å². The van der Waals surface area contributed by atoms with Crippen LogP contribution in [0.5, 0.6) is 0 Å². The van der Waals surface area contributed by atoms with Crippen LogP contribution in [0.3, 0.4) is 0 Å². The van der Waals surface area contributed by atoms with Gasteiger partial charge in [0.2, 0.25) is 0 Å². The molecule has 0 radical (unpaired) electrons. The second kappa shape index (κ2) is 8.22. The lowest BCUT2D eigenvalue weighted by Gasteiger charge is -2.23. The zero-order valence-corrected chi connectivity index (χ0v) is 14.6. The van der Waals surface area contributed by atoms with E-state index in [1.54, 1.807) is 0 Å². The van der Waals surface area contributed by atoms with E-state index in [9.17, 15) is 28.6 Å². The van der Waals surface area contributed by atoms with E-state index in [1.165, 1.54) is 9.14 Å². The average molecular weight is 381 g/mol. The second-order valence-electron chi connectivity index (χ2n) is 4.89. The van der Waals surface area contributed by atoms with Crippen molar-refractivity contribution in [2.24, 2.45) is 0 Å². The molecule has 0 aromatic heterocycles. The lowest BCUT2D eigenvalue weighted by molar-refractivity contribution is -0.393. The first kappa shape index (κ1) is 20.1. The smallest absolute Gasteiger partial charge is 0.301 e. The van der Waals surface area contributed by atoms with E-state index in [0.29, 0.717) is 25.9 Å². The number of nitro benzene ring substituents is 2. The largest absolute Gasteiger partial charge is 0.360 e. The predicted molar refractivity (Wildman–Crippen MR) is 88.7 cm³/mol. The third-order valence-electron chi connectivity index (χ3n) is 3.15. The summed E-state index contributed by atoms with van der Waals surface area (Å²) in [4.78, 5) is 22.0. The first-order chi connectivity index (χ1) is 11.2. The van der Waals surface area contributed by atoms with Crippen LogP contribution < -0.4 is 9.14 Å². The number of halogens is 1. The molecule has 0 saturated heterocycles. The second-order valence-corrected chi connectivity index (χ2v) is 6.99. The van der Waals surface area contributed by atoms with E-state index in [0.717, 1.165) is 12.1 Å². The topological polar surface area (TPSA) is 136 Å². The molecule has 24 heavy (non-hydrogen) atoms. The van der Waals surface area contributed by atoms with Crippen LogP contribution in [0.4, 0.5) is 17.1 Å². The van der Waals surface area contributed by atoms with Gasteiger partial charge in [-0.05, 0) is 24.6 Å². The molecule has 12 heteroatoms. The van der Waals surface area contributed by atoms with Crippen LogP contribution in [0.25, 0.3) is 0 Å². The molecule has 0 fully saturated rings. The maximum absolute atomic E-state index is 11.8. The van der Waals surface area contributed by atoms with Crippen LogP contribution in [-0.4, -0.2) is 31.4 Å². The Morgan fingerprint density at radius 1 is 1.08 bits per heavy atom. The van der Waals surface area contributed by atoms with E-state index < -0.39 is 36.1 Å². The number of nitrogens with zero attached hydrogens (tertiary/aromatic N) is 3. The van der Waals surface area contributed by atoms with E-state index >= 15 is 0 Å². The number of nitrogens with one attached hydrogen (secondary N) is 1. The zero-order chi connectivity index (χ0) is 18.5. The first-order valence-electron chi connectivity index (χ1n) is 7.03. The highest BCUT2D eigenvalue weighted by molar-refractivity contribution is 7.90. The van der Waals surface area contributed by atoms with Gasteiger partial charge < -0.3 is 4.90 Å². The molecular formula is C12H17ClN4O6S. The summed E-state index contributed by atoms with van der Waals surface area (Å²) >= 11 is 5.11. The van der Waals surface area contributed by atoms with Crippen molar-refractivity contribution in [3.05, 3.63) is 32.4 Å². The highest BCUT2D eigenvalue weighted by atomic mass is 35.5. The Bertz CT molecular complexity index is 698. The number of anilines is 1. The fourth-order valence-corrected chi connectivity index (χ4v) is 3.15. The number of rotatable bonds is 9. The summed E-state index contributed by atoms with van der Waals surface area (Å²) in [6.45, 7) is 4.37. The van der Waals surface area contributed by atoms with Gasteiger partial charge in [0, 0.05) is 25.2 Å². The number of hydrogen-bond acceptors (Lipinski definition) is 7. The number of sulfonamides is 1. The van der Waals surface area contributed by atoms with Gasteiger partial charge in [0.25, 0.3) is 10.0 Å². The molecule has 0 aliphatic heterocycles. The molecule has 10 nitrogen and oxygen atoms in total. The van der Waals surface area contributed by atoms with Crippen molar-refractivity contribution in [1.82, 2.24) is 4.24 Å². The molecule has 0 aliphatic rings. The molecule has 0 heterocycles. The van der Waals surface area contributed by atoms with Gasteiger partial charge in [-0.15, -0.1) is 4.24 Å². The Morgan fingerprint density at radius 2 is 1.50 bits per heavy atom. The Labute approximate surface area is 143 Å². The monoisotopic (exact) mass is 380 g/mol. The van der Waals surface area contributed by atoms with E-state index in [2.05, 4.69) is 0 Å². The van der Waals surface area contributed by atoms with Crippen LogP contribution in [-0.2, 0) is 10.0 Å². The highest BCUT2D eigenvalue weighted by Crippen LogP contribution is 2.40. The summed E-state index contributed by atoms with van der Waals surface area (Å²) in [6, 6.07) is 1.54. The van der Waals surface area contributed by atoms with Crippen molar-refractivity contribution in [3.63, 3.8) is 0 Å². The van der Waals surface area contributed by atoms with Crippen molar-refractivity contribution in [2.45, 2.75) is 31.6 Å². The molecule has 1 aromatic rings. The van der Waals surface area contributed by atoms with Crippen molar-refractivity contribution in [2.75, 3.05) is 18.0 Å². The Kier molecular flexibility index (Phi) is 6.87. The Balaban J connectivity index is 3.79. The van der Waals surface area contributed by atoms with Crippen molar-refractivity contribution >= 4 is 38.9 Å². The molecule has 0 aliphatic carbocycles. The minimum Gasteiger partial charge on any atom is -0.360 e. The molecule has 0 saturated carbocycles. The first-order valence-corrected chi connectivity index (χ1v) is 8.89. The molecule has 0 spiro atoms. The normalized spacial score (nSPS) is 11.3. The lowest BCUT2D eigenvalue weighted by atomic mass is 10.2. The molecular weight excluding hydrogens is 364 g/mol. The minimum absolute atomic E-state index is 0.206. The van der Waals surface area contributed by atoms with Gasteiger partial charge in [0.05, 0.1) is 14.7 Å². The van der Waals surface area contributed by atoms with E-state index in [1.807, 2.05) is 13.8 Å². The maximum atomic E-state index is 11.8. The van der Waals surface area contributed by atoms with Gasteiger partial charge >= 0.3 is 11.4 Å². The molecule has 0 amide bonds. The van der Waals surface area contributed by atoms with Crippen LogP contribution >= 0.6 is 11.8 Å². The Morgan fingerprint density at radius 3 is 1.79 bits per heavy atom. The van der Waals surface area contributed by atoms with Crippen molar-refractivity contribution < 1.29 is 18.3 Å². The molecule has 1 N–H and O–H groups in total. The molecule has 1 aromatic carbocycles. The van der Waals surface area contributed by atoms with Gasteiger partial charge in [0.15, 0.2) is 5.69 Å². The summed E-state index contributed by atoms with van der Waals surface area (Å²) in [7, 11) is -4.29. The fourth-order valence-electron chi connectivity index (χ4n) is 2.26. The summed E-state index contributed by atoms with van der Waals surface area (Å²) < 4.78 is 25.0. The molecule has 0 atom stereocenters. The summed E-state index contributed by atoms with van der Waals surface area (Å²) in [5, 5.41) is 22.8. The molecule has 1 rings (SSSR count). The standard InChI is InChI=1S/C12H17ClN4O6S/c1-3-5-15(6-4-2)12-10(16(18)19)7-9(24(22,23)14-13)8-11(12)17(20)21/h7-8,14H,3-6H2,1-2H3. The van der Waals surface area contributed by atoms with Gasteiger partial charge in [-0.3, -0.25) is 20.2 Å². The van der Waals surface area contributed by atoms with Crippen molar-refractivity contribution in [1.29, 1.82) is 0 Å². The molecule has 0 bridgehead atoms. The predicted octanol–water partition coefficient (Wildman–Crippen LogP) is 2.56. The van der Waals surface area contributed by atoms with Crippen molar-refractivity contribution in [3.8, 4) is 0 Å². The zero-order valence-electron chi connectivity index (χ0n) is 13.1. The van der Waals surface area contributed by atoms with Gasteiger partial charge in [-0.1, -0.05) is 13.8 Å². The van der Waals surface area contributed by atoms with Gasteiger partial charge in [-0.25, -0.2) is 8.42 Å². The van der Waals surface area contributed by atoms with Gasteiger partial charge in [-0.2, -0.15) is 0 Å².